The maximum Gasteiger partial charge on any atom is 0.0566 e. The maximum atomic E-state index is 3.78. The smallest absolute Gasteiger partial charge is 0.0566 e. The van der Waals surface area contributed by atoms with Gasteiger partial charge in [0.05, 0.1) is 20.4 Å². The van der Waals surface area contributed by atoms with Gasteiger partial charge in [-0.1, -0.05) is 121 Å². The molecule has 9 aromatic carbocycles. The highest BCUT2D eigenvalue weighted by Gasteiger charge is 2.23. The molecule has 0 aliphatic rings. The lowest BCUT2D eigenvalue weighted by molar-refractivity contribution is 1.53. The second kappa shape index (κ2) is 9.03. The number of hydrogen-bond acceptors (Lipinski definition) is 1. The Morgan fingerprint density at radius 2 is 0.909 bits per heavy atom. The van der Waals surface area contributed by atoms with Gasteiger partial charge < -0.3 is 4.98 Å². The summed E-state index contributed by atoms with van der Waals surface area (Å²) in [5.41, 5.74) is 7.40. The van der Waals surface area contributed by atoms with Crippen LogP contribution in [0.3, 0.4) is 0 Å². The molecular formula is C42H25NS. The average molecular weight is 576 g/mol. The van der Waals surface area contributed by atoms with Crippen LogP contribution in [0.25, 0.3) is 96.5 Å². The van der Waals surface area contributed by atoms with Crippen molar-refractivity contribution in [1.29, 1.82) is 0 Å². The summed E-state index contributed by atoms with van der Waals surface area (Å²) in [4.78, 5) is 3.78. The van der Waals surface area contributed by atoms with Crippen molar-refractivity contribution in [1.82, 2.24) is 4.98 Å². The number of rotatable bonds is 2. The van der Waals surface area contributed by atoms with Crippen LogP contribution in [0.15, 0.2) is 146 Å². The van der Waals surface area contributed by atoms with Gasteiger partial charge in [0.25, 0.3) is 0 Å². The lowest BCUT2D eigenvalue weighted by Gasteiger charge is -2.23. The van der Waals surface area contributed by atoms with Crippen molar-refractivity contribution in [3.8, 4) is 22.3 Å². The van der Waals surface area contributed by atoms with E-state index in [0.717, 1.165) is 11.0 Å². The third kappa shape index (κ3) is 3.29. The molecule has 0 atom stereocenters. The predicted molar refractivity (Wildman–Crippen MR) is 192 cm³/mol. The molecular weight excluding hydrogens is 551 g/mol. The van der Waals surface area contributed by atoms with E-state index in [9.17, 15) is 0 Å². The van der Waals surface area contributed by atoms with Gasteiger partial charge in [-0.25, -0.2) is 0 Å². The predicted octanol–water partition coefficient (Wildman–Crippen LogP) is 12.5. The molecule has 1 N–H and O–H groups in total. The van der Waals surface area contributed by atoms with E-state index in [1.165, 1.54) is 85.5 Å². The van der Waals surface area contributed by atoms with Crippen molar-refractivity contribution >= 4 is 85.6 Å². The summed E-state index contributed by atoms with van der Waals surface area (Å²) in [5.74, 6) is 0. The van der Waals surface area contributed by atoms with Gasteiger partial charge in [0.2, 0.25) is 0 Å². The average Bonchev–Trinajstić information content (AvgIpc) is 3.09. The Balaban J connectivity index is 1.57. The molecule has 1 heterocycles. The molecule has 44 heavy (non-hydrogen) atoms. The standard InChI is InChI=1S/C42H25NS/c1-3-11-25(12-4-1)39-31-23-34-36(44-35-20-8-7-19-33(35)43-34)24-32(31)40(26-13-5-2-6-14-26)42-30-18-10-16-28-22-21-27-15-9-17-29(41(39)42)37(27)38(28)30/h1-24,43H. The summed E-state index contributed by atoms with van der Waals surface area (Å²) >= 11 is 1.86. The Hall–Kier alpha value is -5.44. The van der Waals surface area contributed by atoms with Gasteiger partial charge in [-0.05, 0) is 100 Å². The van der Waals surface area contributed by atoms with E-state index in [1.807, 2.05) is 11.3 Å². The Bertz CT molecular complexity index is 2560. The van der Waals surface area contributed by atoms with Gasteiger partial charge in [-0.3, -0.25) is 0 Å². The van der Waals surface area contributed by atoms with Crippen LogP contribution in [0.1, 0.15) is 0 Å². The number of H-pyrrole nitrogens is 1. The van der Waals surface area contributed by atoms with E-state index in [1.54, 1.807) is 0 Å². The second-order valence-electron chi connectivity index (χ2n) is 11.7. The van der Waals surface area contributed by atoms with Crippen molar-refractivity contribution in [2.24, 2.45) is 0 Å². The summed E-state index contributed by atoms with van der Waals surface area (Å²) < 4.78 is 2.51. The number of hydrogen-bond donors (Lipinski definition) is 1. The molecule has 0 aliphatic heterocycles. The molecule has 10 aromatic rings. The van der Waals surface area contributed by atoms with Crippen molar-refractivity contribution in [2.75, 3.05) is 0 Å². The third-order valence-electron chi connectivity index (χ3n) is 9.33. The molecule has 0 radical (unpaired) electrons. The van der Waals surface area contributed by atoms with Crippen molar-refractivity contribution < 1.29 is 0 Å². The van der Waals surface area contributed by atoms with Gasteiger partial charge in [-0.2, -0.15) is 0 Å². The van der Waals surface area contributed by atoms with Crippen LogP contribution in [0.2, 0.25) is 0 Å². The van der Waals surface area contributed by atoms with Crippen molar-refractivity contribution in [3.05, 3.63) is 146 Å². The first-order valence-corrected chi connectivity index (χ1v) is 15.9. The highest BCUT2D eigenvalue weighted by atomic mass is 32.1. The number of aromatic nitrogens is 1. The molecule has 10 rings (SSSR count). The summed E-state index contributed by atoms with van der Waals surface area (Å²) in [7, 11) is 0. The Morgan fingerprint density at radius 3 is 1.52 bits per heavy atom. The normalized spacial score (nSPS) is 12.1. The van der Waals surface area contributed by atoms with Crippen molar-refractivity contribution in [3.63, 3.8) is 0 Å². The molecule has 0 unspecified atom stereocenters. The van der Waals surface area contributed by atoms with Gasteiger partial charge in [0.15, 0.2) is 0 Å². The SMILES string of the molecule is c1ccc(-c2c3cc4[nH]c5ccccc5sc4cc3c(-c3ccccc3)c3c4cccc5ccc6cccc(c23)c6c54)cc1. The number of nitrogens with one attached hydrogen (secondary N) is 1. The molecule has 1 nitrogen and oxygen atoms in total. The fourth-order valence-corrected chi connectivity index (χ4v) is 8.55. The zero-order valence-electron chi connectivity index (χ0n) is 23.8. The number of para-hydroxylation sites is 1. The van der Waals surface area contributed by atoms with E-state index in [-0.39, 0.29) is 0 Å². The summed E-state index contributed by atoms with van der Waals surface area (Å²) in [6.07, 6.45) is 0. The second-order valence-corrected chi connectivity index (χ2v) is 12.8. The first-order valence-electron chi connectivity index (χ1n) is 15.1. The summed E-state index contributed by atoms with van der Waals surface area (Å²) in [6, 6.07) is 53.7. The van der Waals surface area contributed by atoms with E-state index in [4.69, 9.17) is 0 Å². The minimum absolute atomic E-state index is 1.16. The molecule has 0 bridgehead atoms. The monoisotopic (exact) mass is 575 g/mol. The Kier molecular flexibility index (Phi) is 4.94. The molecule has 204 valence electrons. The third-order valence-corrected chi connectivity index (χ3v) is 10.5. The van der Waals surface area contributed by atoms with Crippen LogP contribution in [0.5, 0.6) is 0 Å². The van der Waals surface area contributed by atoms with Crippen LogP contribution < -0.4 is 0 Å². The quantitative estimate of drug-likeness (QED) is 0.156. The number of benzene rings is 9. The maximum absolute atomic E-state index is 3.78. The first-order chi connectivity index (χ1) is 21.8. The van der Waals surface area contributed by atoms with Crippen molar-refractivity contribution in [2.45, 2.75) is 0 Å². The minimum Gasteiger partial charge on any atom is -0.353 e. The topological polar surface area (TPSA) is 15.8 Å². The van der Waals surface area contributed by atoms with E-state index in [0.29, 0.717) is 0 Å². The molecule has 0 amide bonds. The van der Waals surface area contributed by atoms with Gasteiger partial charge >= 0.3 is 0 Å². The van der Waals surface area contributed by atoms with Gasteiger partial charge in [-0.15, -0.1) is 11.3 Å². The molecule has 0 fully saturated rings. The number of fused-ring (bicyclic) bond motifs is 6. The molecule has 1 aromatic heterocycles. The fourth-order valence-electron chi connectivity index (χ4n) is 7.54. The lowest BCUT2D eigenvalue weighted by Crippen LogP contribution is -1.95. The zero-order valence-corrected chi connectivity index (χ0v) is 24.6. The number of aromatic amines is 1. The Morgan fingerprint density at radius 1 is 0.364 bits per heavy atom. The van der Waals surface area contributed by atoms with E-state index in [2.05, 4.69) is 151 Å². The highest BCUT2D eigenvalue weighted by Crippen LogP contribution is 2.51. The van der Waals surface area contributed by atoms with E-state index < -0.39 is 0 Å². The molecule has 0 spiro atoms. The summed E-state index contributed by atoms with van der Waals surface area (Å²) in [5, 5.41) is 13.1. The van der Waals surface area contributed by atoms with Crippen LogP contribution in [-0.4, -0.2) is 4.98 Å². The van der Waals surface area contributed by atoms with Crippen LogP contribution in [-0.2, 0) is 0 Å². The molecule has 0 saturated carbocycles. The van der Waals surface area contributed by atoms with Crippen LogP contribution >= 0.6 is 11.3 Å². The van der Waals surface area contributed by atoms with Gasteiger partial charge in [0, 0.05) is 0 Å². The minimum atomic E-state index is 1.16. The largest absolute Gasteiger partial charge is 0.353 e. The van der Waals surface area contributed by atoms with Crippen LogP contribution in [0, 0.1) is 0 Å². The first kappa shape index (κ1) is 24.0. The molecule has 0 aliphatic carbocycles. The van der Waals surface area contributed by atoms with E-state index >= 15 is 0 Å². The molecule has 2 heteroatoms. The molecule has 0 saturated heterocycles. The highest BCUT2D eigenvalue weighted by molar-refractivity contribution is 7.24. The van der Waals surface area contributed by atoms with Crippen LogP contribution in [0.4, 0.5) is 0 Å². The Labute approximate surface area is 257 Å². The lowest BCUT2D eigenvalue weighted by atomic mass is 9.80. The zero-order chi connectivity index (χ0) is 28.8. The fraction of sp³-hybridized carbons (Fsp3) is 0. The summed E-state index contributed by atoms with van der Waals surface area (Å²) in [6.45, 7) is 0. The van der Waals surface area contributed by atoms with Gasteiger partial charge in [0.1, 0.15) is 0 Å².